The third-order valence-electron chi connectivity index (χ3n) is 3.88. The van der Waals surface area contributed by atoms with Crippen LogP contribution in [0.5, 0.6) is 5.75 Å². The standard InChI is InChI=1S/C17H27N3O/c1-4-5-6-7-8-11-20-16-10-9-14(21-3)12-15(16)19-17(20)13(2)18/h9-10,12-13H,4-8,11,18H2,1-3H3. The Morgan fingerprint density at radius 3 is 2.67 bits per heavy atom. The van der Waals surface area contributed by atoms with Gasteiger partial charge in [-0.25, -0.2) is 4.98 Å². The molecule has 1 heterocycles. The molecule has 4 nitrogen and oxygen atoms in total. The summed E-state index contributed by atoms with van der Waals surface area (Å²) in [5.74, 6) is 1.81. The van der Waals surface area contributed by atoms with Crippen molar-refractivity contribution in [2.24, 2.45) is 5.73 Å². The largest absolute Gasteiger partial charge is 0.497 e. The zero-order valence-electron chi connectivity index (χ0n) is 13.4. The second-order valence-corrected chi connectivity index (χ2v) is 5.68. The van der Waals surface area contributed by atoms with Crippen LogP contribution in [0.2, 0.25) is 0 Å². The van der Waals surface area contributed by atoms with E-state index >= 15 is 0 Å². The summed E-state index contributed by atoms with van der Waals surface area (Å²) in [6.07, 6.45) is 6.35. The maximum atomic E-state index is 6.09. The van der Waals surface area contributed by atoms with E-state index in [0.29, 0.717) is 0 Å². The van der Waals surface area contributed by atoms with E-state index in [1.54, 1.807) is 7.11 Å². The van der Waals surface area contributed by atoms with Gasteiger partial charge in [0.1, 0.15) is 11.6 Å². The number of imidazole rings is 1. The lowest BCUT2D eigenvalue weighted by atomic mass is 10.1. The summed E-state index contributed by atoms with van der Waals surface area (Å²) in [4.78, 5) is 4.69. The van der Waals surface area contributed by atoms with Crippen LogP contribution in [0.25, 0.3) is 11.0 Å². The summed E-state index contributed by atoms with van der Waals surface area (Å²) in [7, 11) is 1.68. The molecular weight excluding hydrogens is 262 g/mol. The number of hydrogen-bond acceptors (Lipinski definition) is 3. The number of hydrogen-bond donors (Lipinski definition) is 1. The summed E-state index contributed by atoms with van der Waals surface area (Å²) >= 11 is 0. The van der Waals surface area contributed by atoms with Crippen molar-refractivity contribution in [3.63, 3.8) is 0 Å². The molecule has 2 rings (SSSR count). The zero-order chi connectivity index (χ0) is 15.2. The number of methoxy groups -OCH3 is 1. The third-order valence-corrected chi connectivity index (χ3v) is 3.88. The van der Waals surface area contributed by atoms with E-state index < -0.39 is 0 Å². The Balaban J connectivity index is 2.20. The molecule has 0 amide bonds. The first-order chi connectivity index (χ1) is 10.2. The van der Waals surface area contributed by atoms with E-state index in [9.17, 15) is 0 Å². The maximum absolute atomic E-state index is 6.09. The smallest absolute Gasteiger partial charge is 0.126 e. The fraction of sp³-hybridized carbons (Fsp3) is 0.588. The lowest BCUT2D eigenvalue weighted by Crippen LogP contribution is -2.13. The van der Waals surface area contributed by atoms with Gasteiger partial charge >= 0.3 is 0 Å². The van der Waals surface area contributed by atoms with E-state index in [-0.39, 0.29) is 6.04 Å². The monoisotopic (exact) mass is 289 g/mol. The molecule has 0 saturated carbocycles. The minimum atomic E-state index is -0.0564. The van der Waals surface area contributed by atoms with Crippen molar-refractivity contribution >= 4 is 11.0 Å². The van der Waals surface area contributed by atoms with Crippen molar-refractivity contribution in [2.75, 3.05) is 7.11 Å². The van der Waals surface area contributed by atoms with Crippen LogP contribution in [0.4, 0.5) is 0 Å². The quantitative estimate of drug-likeness (QED) is 0.746. The Hall–Kier alpha value is -1.55. The number of nitrogens with two attached hydrogens (primary N) is 1. The molecule has 0 aliphatic carbocycles. The molecule has 2 aromatic rings. The van der Waals surface area contributed by atoms with Crippen molar-refractivity contribution in [1.82, 2.24) is 9.55 Å². The average molecular weight is 289 g/mol. The highest BCUT2D eigenvalue weighted by Crippen LogP contribution is 2.24. The van der Waals surface area contributed by atoms with Crippen molar-refractivity contribution < 1.29 is 4.74 Å². The highest BCUT2D eigenvalue weighted by Gasteiger charge is 2.14. The van der Waals surface area contributed by atoms with Gasteiger partial charge in [-0.2, -0.15) is 0 Å². The van der Waals surface area contributed by atoms with E-state index in [1.165, 1.54) is 32.1 Å². The first kappa shape index (κ1) is 15.8. The summed E-state index contributed by atoms with van der Waals surface area (Å²) in [6.45, 7) is 5.22. The van der Waals surface area contributed by atoms with Gasteiger partial charge in [-0.05, 0) is 25.5 Å². The topological polar surface area (TPSA) is 53.1 Å². The van der Waals surface area contributed by atoms with Gasteiger partial charge in [0.2, 0.25) is 0 Å². The predicted octanol–water partition coefficient (Wildman–Crippen LogP) is 4.04. The van der Waals surface area contributed by atoms with E-state index in [4.69, 9.17) is 15.5 Å². The summed E-state index contributed by atoms with van der Waals surface area (Å²) < 4.78 is 7.55. The van der Waals surface area contributed by atoms with Gasteiger partial charge in [-0.15, -0.1) is 0 Å². The van der Waals surface area contributed by atoms with Crippen molar-refractivity contribution in [1.29, 1.82) is 0 Å². The Morgan fingerprint density at radius 2 is 2.00 bits per heavy atom. The molecule has 116 valence electrons. The molecule has 0 spiro atoms. The molecule has 0 saturated heterocycles. The minimum Gasteiger partial charge on any atom is -0.497 e. The number of benzene rings is 1. The molecule has 4 heteroatoms. The van der Waals surface area contributed by atoms with E-state index in [1.807, 2.05) is 19.1 Å². The first-order valence-corrected chi connectivity index (χ1v) is 7.97. The van der Waals surface area contributed by atoms with Crippen LogP contribution in [0.1, 0.15) is 57.8 Å². The Kier molecular flexibility index (Phi) is 5.62. The van der Waals surface area contributed by atoms with Crippen LogP contribution in [0, 0.1) is 0 Å². The van der Waals surface area contributed by atoms with Gasteiger partial charge in [0.25, 0.3) is 0 Å². The number of nitrogens with zero attached hydrogens (tertiary/aromatic N) is 2. The first-order valence-electron chi connectivity index (χ1n) is 7.97. The van der Waals surface area contributed by atoms with Crippen LogP contribution < -0.4 is 10.5 Å². The van der Waals surface area contributed by atoms with Crippen molar-refractivity contribution in [3.8, 4) is 5.75 Å². The second-order valence-electron chi connectivity index (χ2n) is 5.68. The van der Waals surface area contributed by atoms with Crippen LogP contribution in [-0.2, 0) is 6.54 Å². The van der Waals surface area contributed by atoms with Gasteiger partial charge in [-0.3, -0.25) is 0 Å². The fourth-order valence-electron chi connectivity index (χ4n) is 2.71. The number of ether oxygens (including phenoxy) is 1. The number of aryl methyl sites for hydroxylation is 1. The molecule has 0 aliphatic rings. The van der Waals surface area contributed by atoms with Crippen LogP contribution in [0.15, 0.2) is 18.2 Å². The number of aromatic nitrogens is 2. The van der Waals surface area contributed by atoms with Crippen molar-refractivity contribution in [2.45, 2.75) is 58.5 Å². The Morgan fingerprint density at radius 1 is 1.24 bits per heavy atom. The third kappa shape index (κ3) is 3.76. The van der Waals surface area contributed by atoms with Crippen LogP contribution in [-0.4, -0.2) is 16.7 Å². The van der Waals surface area contributed by atoms with Gasteiger partial charge in [-0.1, -0.05) is 32.6 Å². The fourth-order valence-corrected chi connectivity index (χ4v) is 2.71. The second kappa shape index (κ2) is 7.46. The predicted molar refractivity (Wildman–Crippen MR) is 87.6 cm³/mol. The lowest BCUT2D eigenvalue weighted by Gasteiger charge is -2.11. The van der Waals surface area contributed by atoms with Gasteiger partial charge in [0.15, 0.2) is 0 Å². The Labute approximate surface area is 127 Å². The summed E-state index contributed by atoms with van der Waals surface area (Å²) in [6, 6.07) is 6.00. The minimum absolute atomic E-state index is 0.0564. The molecule has 1 aromatic heterocycles. The maximum Gasteiger partial charge on any atom is 0.126 e. The van der Waals surface area contributed by atoms with E-state index in [0.717, 1.165) is 29.2 Å². The van der Waals surface area contributed by atoms with Crippen LogP contribution >= 0.6 is 0 Å². The molecule has 0 radical (unpaired) electrons. The van der Waals surface area contributed by atoms with Gasteiger partial charge in [0.05, 0.1) is 24.2 Å². The molecular formula is C17H27N3O. The number of unbranched alkanes of at least 4 members (excludes halogenated alkanes) is 4. The van der Waals surface area contributed by atoms with Crippen molar-refractivity contribution in [3.05, 3.63) is 24.0 Å². The summed E-state index contributed by atoms with van der Waals surface area (Å²) in [5, 5.41) is 0. The molecule has 0 aliphatic heterocycles. The highest BCUT2D eigenvalue weighted by molar-refractivity contribution is 5.78. The SMILES string of the molecule is CCCCCCCn1c(C(C)N)nc2cc(OC)ccc21. The molecule has 0 bridgehead atoms. The van der Waals surface area contributed by atoms with Gasteiger partial charge < -0.3 is 15.0 Å². The number of fused-ring (bicyclic) bond motifs is 1. The Bertz CT molecular complexity index is 575. The molecule has 1 unspecified atom stereocenters. The number of rotatable bonds is 8. The zero-order valence-corrected chi connectivity index (χ0v) is 13.4. The average Bonchev–Trinajstić information content (AvgIpc) is 2.85. The molecule has 0 fully saturated rings. The van der Waals surface area contributed by atoms with E-state index in [2.05, 4.69) is 17.6 Å². The molecule has 2 N–H and O–H groups in total. The highest BCUT2D eigenvalue weighted by atomic mass is 16.5. The van der Waals surface area contributed by atoms with Gasteiger partial charge in [0, 0.05) is 12.6 Å². The molecule has 1 aromatic carbocycles. The molecule has 1 atom stereocenters. The van der Waals surface area contributed by atoms with Crippen LogP contribution in [0.3, 0.4) is 0 Å². The lowest BCUT2D eigenvalue weighted by molar-refractivity contribution is 0.415. The normalized spacial score (nSPS) is 12.8. The molecule has 21 heavy (non-hydrogen) atoms. The summed E-state index contributed by atoms with van der Waals surface area (Å²) in [5.41, 5.74) is 8.21.